The van der Waals surface area contributed by atoms with Gasteiger partial charge < -0.3 is 5.11 Å². The Hall–Kier alpha value is -0.660. The lowest BCUT2D eigenvalue weighted by Gasteiger charge is -2.26. The van der Waals surface area contributed by atoms with Crippen molar-refractivity contribution in [1.82, 2.24) is 9.03 Å². The Bertz CT molecular complexity index is 340. The molecule has 0 fully saturated rings. The Morgan fingerprint density at radius 3 is 2.24 bits per heavy atom. The average Bonchev–Trinajstić information content (AvgIpc) is 2.14. The first-order valence-corrected chi connectivity index (χ1v) is 7.13. The first-order chi connectivity index (χ1) is 7.70. The van der Waals surface area contributed by atoms with Gasteiger partial charge in [0.1, 0.15) is 0 Å². The van der Waals surface area contributed by atoms with Gasteiger partial charge in [-0.2, -0.15) is 12.7 Å². The minimum Gasteiger partial charge on any atom is -0.481 e. The number of hydrogen-bond acceptors (Lipinski definition) is 3. The Morgan fingerprint density at radius 2 is 1.88 bits per heavy atom. The maximum atomic E-state index is 11.9. The first kappa shape index (κ1) is 16.3. The zero-order chi connectivity index (χ0) is 13.6. The highest BCUT2D eigenvalue weighted by Gasteiger charge is 2.26. The van der Waals surface area contributed by atoms with Crippen molar-refractivity contribution in [2.45, 2.75) is 40.2 Å². The van der Waals surface area contributed by atoms with Gasteiger partial charge in [-0.25, -0.2) is 4.72 Å². The van der Waals surface area contributed by atoms with E-state index < -0.39 is 22.2 Å². The van der Waals surface area contributed by atoms with Crippen LogP contribution in [0.25, 0.3) is 0 Å². The molecule has 0 bridgehead atoms. The van der Waals surface area contributed by atoms with Crippen molar-refractivity contribution >= 4 is 16.2 Å². The van der Waals surface area contributed by atoms with E-state index in [1.54, 1.807) is 13.8 Å². The number of carboxylic acid groups (broad SMARTS) is 1. The van der Waals surface area contributed by atoms with Gasteiger partial charge >= 0.3 is 5.97 Å². The molecular weight excluding hydrogens is 244 g/mol. The van der Waals surface area contributed by atoms with E-state index in [1.807, 2.05) is 13.8 Å². The van der Waals surface area contributed by atoms with Crippen LogP contribution in [0.15, 0.2) is 0 Å². The Kier molecular flexibility index (Phi) is 6.66. The van der Waals surface area contributed by atoms with E-state index in [4.69, 9.17) is 5.11 Å². The molecule has 0 spiro atoms. The smallest absolute Gasteiger partial charge is 0.304 e. The largest absolute Gasteiger partial charge is 0.481 e. The van der Waals surface area contributed by atoms with Crippen LogP contribution in [0.3, 0.4) is 0 Å². The molecule has 6 nitrogen and oxygen atoms in total. The monoisotopic (exact) mass is 266 g/mol. The predicted octanol–water partition coefficient (Wildman–Crippen LogP) is 0.662. The zero-order valence-electron chi connectivity index (χ0n) is 10.8. The summed E-state index contributed by atoms with van der Waals surface area (Å²) in [6.45, 7) is 7.68. The number of nitrogens with one attached hydrogen (secondary N) is 1. The van der Waals surface area contributed by atoms with Crippen LogP contribution in [-0.4, -0.2) is 42.9 Å². The molecule has 0 rings (SSSR count). The first-order valence-electron chi connectivity index (χ1n) is 5.68. The van der Waals surface area contributed by atoms with Crippen molar-refractivity contribution in [3.63, 3.8) is 0 Å². The van der Waals surface area contributed by atoms with Gasteiger partial charge in [0.2, 0.25) is 0 Å². The lowest BCUT2D eigenvalue weighted by Crippen LogP contribution is -2.46. The van der Waals surface area contributed by atoms with Gasteiger partial charge in [-0.1, -0.05) is 20.8 Å². The molecule has 0 saturated heterocycles. The van der Waals surface area contributed by atoms with Crippen molar-refractivity contribution in [2.24, 2.45) is 5.92 Å². The number of carbonyl (C=O) groups is 1. The highest BCUT2D eigenvalue weighted by Crippen LogP contribution is 2.09. The molecule has 17 heavy (non-hydrogen) atoms. The van der Waals surface area contributed by atoms with Crippen LogP contribution in [-0.2, 0) is 15.0 Å². The van der Waals surface area contributed by atoms with Gasteiger partial charge in [-0.15, -0.1) is 0 Å². The van der Waals surface area contributed by atoms with Crippen molar-refractivity contribution < 1.29 is 18.3 Å². The summed E-state index contributed by atoms with van der Waals surface area (Å²) in [5, 5.41) is 8.67. The third-order valence-corrected chi connectivity index (χ3v) is 4.02. The molecule has 0 aromatic rings. The van der Waals surface area contributed by atoms with Crippen LogP contribution in [0.1, 0.15) is 34.1 Å². The number of aliphatic carboxylic acids is 1. The summed E-state index contributed by atoms with van der Waals surface area (Å²) in [5.41, 5.74) is 0. The van der Waals surface area contributed by atoms with Crippen LogP contribution in [0, 0.1) is 5.92 Å². The minimum atomic E-state index is -3.59. The normalized spacial score (nSPS) is 14.2. The van der Waals surface area contributed by atoms with Crippen LogP contribution >= 0.6 is 0 Å². The number of hydrogen-bond donors (Lipinski definition) is 2. The molecule has 0 aliphatic carbocycles. The summed E-state index contributed by atoms with van der Waals surface area (Å²) < 4.78 is 27.5. The van der Waals surface area contributed by atoms with Crippen LogP contribution in [0.4, 0.5) is 0 Å². The summed E-state index contributed by atoms with van der Waals surface area (Å²) in [7, 11) is -3.59. The van der Waals surface area contributed by atoms with E-state index in [9.17, 15) is 13.2 Å². The SMILES string of the molecule is CCN(C(C)CC(=O)O)S(=O)(=O)NCC(C)C. The average molecular weight is 266 g/mol. The van der Waals surface area contributed by atoms with Crippen LogP contribution in [0.5, 0.6) is 0 Å². The second-order valence-electron chi connectivity index (χ2n) is 4.40. The topological polar surface area (TPSA) is 86.7 Å². The summed E-state index contributed by atoms with van der Waals surface area (Å²) in [4.78, 5) is 10.6. The van der Waals surface area contributed by atoms with E-state index in [-0.39, 0.29) is 18.9 Å². The minimum absolute atomic E-state index is 0.198. The lowest BCUT2D eigenvalue weighted by molar-refractivity contribution is -0.137. The van der Waals surface area contributed by atoms with E-state index in [0.29, 0.717) is 6.54 Å². The Balaban J connectivity index is 4.67. The molecule has 0 aliphatic heterocycles. The third-order valence-electron chi connectivity index (χ3n) is 2.26. The summed E-state index contributed by atoms with van der Waals surface area (Å²) in [6.07, 6.45) is -0.198. The molecule has 2 N–H and O–H groups in total. The lowest BCUT2D eigenvalue weighted by atomic mass is 10.2. The molecule has 102 valence electrons. The van der Waals surface area contributed by atoms with Gasteiger partial charge in [-0.3, -0.25) is 4.79 Å². The van der Waals surface area contributed by atoms with Gasteiger partial charge in [0.15, 0.2) is 0 Å². The van der Waals surface area contributed by atoms with Crippen LogP contribution < -0.4 is 4.72 Å². The van der Waals surface area contributed by atoms with Gasteiger partial charge in [0.05, 0.1) is 6.42 Å². The summed E-state index contributed by atoms with van der Waals surface area (Å²) >= 11 is 0. The highest BCUT2D eigenvalue weighted by atomic mass is 32.2. The fourth-order valence-electron chi connectivity index (χ4n) is 1.43. The molecule has 0 aliphatic rings. The molecule has 0 aromatic heterocycles. The highest BCUT2D eigenvalue weighted by molar-refractivity contribution is 7.87. The maximum Gasteiger partial charge on any atom is 0.304 e. The Labute approximate surface area is 103 Å². The van der Waals surface area contributed by atoms with Gasteiger partial charge in [-0.05, 0) is 12.8 Å². The number of rotatable bonds is 8. The standard InChI is InChI=1S/C10H22N2O4S/c1-5-12(9(4)6-10(13)14)17(15,16)11-7-8(2)3/h8-9,11H,5-7H2,1-4H3,(H,13,14). The molecule has 0 saturated carbocycles. The van der Waals surface area contributed by atoms with E-state index in [1.165, 1.54) is 4.31 Å². The molecule has 0 aromatic carbocycles. The zero-order valence-corrected chi connectivity index (χ0v) is 11.6. The summed E-state index contributed by atoms with van der Waals surface area (Å²) in [6, 6.07) is -0.554. The van der Waals surface area contributed by atoms with Gasteiger partial charge in [0, 0.05) is 19.1 Å². The molecule has 0 heterocycles. The maximum absolute atomic E-state index is 11.9. The van der Waals surface area contributed by atoms with E-state index >= 15 is 0 Å². The number of carboxylic acids is 1. The van der Waals surface area contributed by atoms with E-state index in [0.717, 1.165) is 0 Å². The molecule has 0 amide bonds. The van der Waals surface area contributed by atoms with Crippen molar-refractivity contribution in [1.29, 1.82) is 0 Å². The molecular formula is C10H22N2O4S. The second kappa shape index (κ2) is 6.93. The Morgan fingerprint density at radius 1 is 1.35 bits per heavy atom. The fraction of sp³-hybridized carbons (Fsp3) is 0.900. The van der Waals surface area contributed by atoms with Crippen molar-refractivity contribution in [3.8, 4) is 0 Å². The third kappa shape index (κ3) is 5.99. The molecule has 7 heteroatoms. The second-order valence-corrected chi connectivity index (χ2v) is 6.11. The van der Waals surface area contributed by atoms with Crippen molar-refractivity contribution in [2.75, 3.05) is 13.1 Å². The fourth-order valence-corrected chi connectivity index (χ4v) is 3.03. The quantitative estimate of drug-likeness (QED) is 0.675. The summed E-state index contributed by atoms with van der Waals surface area (Å²) in [5.74, 6) is -0.798. The van der Waals surface area contributed by atoms with Gasteiger partial charge in [0.25, 0.3) is 10.2 Å². The van der Waals surface area contributed by atoms with Crippen LogP contribution in [0.2, 0.25) is 0 Å². The number of nitrogens with zero attached hydrogens (tertiary/aromatic N) is 1. The van der Waals surface area contributed by atoms with Crippen molar-refractivity contribution in [3.05, 3.63) is 0 Å². The van der Waals surface area contributed by atoms with E-state index in [2.05, 4.69) is 4.72 Å². The molecule has 1 unspecified atom stereocenters. The molecule has 1 atom stereocenters. The molecule has 0 radical (unpaired) electrons. The predicted molar refractivity (Wildman–Crippen MR) is 65.9 cm³/mol.